The van der Waals surface area contributed by atoms with Crippen molar-refractivity contribution >= 4 is 20.3 Å². The second kappa shape index (κ2) is 10.4. The molecule has 0 saturated heterocycles. The number of benzene rings is 1. The first-order valence-corrected chi connectivity index (χ1v) is 14.8. The lowest BCUT2D eigenvalue weighted by Gasteiger charge is -2.36. The largest absolute Gasteiger partial charge is 0.516 e. The maximum Gasteiger partial charge on any atom is 0.340 e. The lowest BCUT2D eigenvalue weighted by molar-refractivity contribution is 0.0525. The zero-order valence-corrected chi connectivity index (χ0v) is 23.1. The minimum Gasteiger partial charge on any atom is -0.516 e. The number of carbonyl (C=O) groups is 2. The van der Waals surface area contributed by atoms with Gasteiger partial charge in [0.1, 0.15) is 5.82 Å². The zero-order chi connectivity index (χ0) is 26.0. The Morgan fingerprint density at radius 1 is 0.941 bits per heavy atom. The molecular weight excluding hydrogens is 449 g/mol. The molecule has 1 aromatic carbocycles. The first-order valence-electron chi connectivity index (χ1n) is 11.9. The molecule has 1 heterocycles. The highest BCUT2D eigenvalue weighted by molar-refractivity contribution is 6.75. The van der Waals surface area contributed by atoms with Crippen molar-refractivity contribution < 1.29 is 23.1 Å². The van der Waals surface area contributed by atoms with Crippen LogP contribution in [-0.4, -0.2) is 31.8 Å². The summed E-state index contributed by atoms with van der Waals surface area (Å²) < 4.78 is 25.4. The summed E-state index contributed by atoms with van der Waals surface area (Å²) in [7, 11) is -2.49. The normalized spacial score (nSPS) is 12.3. The molecule has 0 saturated carbocycles. The van der Waals surface area contributed by atoms with E-state index in [2.05, 4.69) is 20.8 Å². The summed E-state index contributed by atoms with van der Waals surface area (Å²) in [4.78, 5) is 31.9. The molecule has 0 aliphatic rings. The standard InChI is InChI=1S/C27H38FNO4Si/c1-11-32-25(30)21-20(18-12-14-19(28)15-13-18)22(24(17(4)5)29-23(21)16(2)3)26(31)33-34(9,10)27(6,7)8/h12-17H,11H2,1-10H3. The lowest BCUT2D eigenvalue weighted by atomic mass is 9.87. The molecule has 0 fully saturated rings. The Kier molecular flexibility index (Phi) is 8.46. The van der Waals surface area contributed by atoms with Gasteiger partial charge in [0.15, 0.2) is 0 Å². The predicted octanol–water partition coefficient (Wildman–Crippen LogP) is 7.47. The van der Waals surface area contributed by atoms with Crippen molar-refractivity contribution in [2.75, 3.05) is 6.61 Å². The fraction of sp³-hybridized carbons (Fsp3) is 0.519. The van der Waals surface area contributed by atoms with E-state index < -0.39 is 26.1 Å². The summed E-state index contributed by atoms with van der Waals surface area (Å²) in [5.74, 6) is -1.71. The summed E-state index contributed by atoms with van der Waals surface area (Å²) in [5.41, 5.74) is 2.52. The van der Waals surface area contributed by atoms with Gasteiger partial charge in [-0.05, 0) is 54.6 Å². The summed E-state index contributed by atoms with van der Waals surface area (Å²) in [6.45, 7) is 19.9. The zero-order valence-electron chi connectivity index (χ0n) is 22.1. The monoisotopic (exact) mass is 487 g/mol. The average molecular weight is 488 g/mol. The molecule has 0 amide bonds. The van der Waals surface area contributed by atoms with Crippen molar-refractivity contribution in [2.24, 2.45) is 0 Å². The van der Waals surface area contributed by atoms with Gasteiger partial charge in [0, 0.05) is 5.56 Å². The van der Waals surface area contributed by atoms with E-state index in [1.54, 1.807) is 19.1 Å². The fourth-order valence-electron chi connectivity index (χ4n) is 3.42. The van der Waals surface area contributed by atoms with Crippen LogP contribution in [0.2, 0.25) is 18.1 Å². The van der Waals surface area contributed by atoms with Gasteiger partial charge in [-0.25, -0.2) is 14.0 Å². The number of ether oxygens (including phenoxy) is 1. The quantitative estimate of drug-likeness (QED) is 0.299. The number of rotatable bonds is 7. The number of hydrogen-bond donors (Lipinski definition) is 0. The minimum atomic E-state index is -2.49. The van der Waals surface area contributed by atoms with Crippen LogP contribution in [0.4, 0.5) is 4.39 Å². The first kappa shape index (κ1) is 27.7. The Bertz CT molecular complexity index is 1050. The predicted molar refractivity (Wildman–Crippen MR) is 136 cm³/mol. The lowest BCUT2D eigenvalue weighted by Crippen LogP contribution is -2.43. The van der Waals surface area contributed by atoms with Crippen LogP contribution in [0, 0.1) is 5.82 Å². The van der Waals surface area contributed by atoms with Crippen LogP contribution in [0.3, 0.4) is 0 Å². The van der Waals surface area contributed by atoms with Gasteiger partial charge in [-0.15, -0.1) is 0 Å². The number of pyridine rings is 1. The van der Waals surface area contributed by atoms with Crippen molar-refractivity contribution in [1.29, 1.82) is 0 Å². The van der Waals surface area contributed by atoms with Crippen LogP contribution in [0.15, 0.2) is 24.3 Å². The maximum atomic E-state index is 13.9. The third-order valence-corrected chi connectivity index (χ3v) is 10.6. The van der Waals surface area contributed by atoms with Gasteiger partial charge in [-0.2, -0.15) is 0 Å². The van der Waals surface area contributed by atoms with Crippen molar-refractivity contribution in [3.05, 3.63) is 52.6 Å². The number of esters is 1. The van der Waals surface area contributed by atoms with Crippen molar-refractivity contribution in [3.8, 4) is 11.1 Å². The second-order valence-electron chi connectivity index (χ2n) is 10.7. The highest BCUT2D eigenvalue weighted by atomic mass is 28.4. The molecule has 1 aromatic heterocycles. The molecule has 0 unspecified atom stereocenters. The van der Waals surface area contributed by atoms with E-state index in [1.165, 1.54) is 12.1 Å². The van der Waals surface area contributed by atoms with E-state index in [9.17, 15) is 14.0 Å². The number of aromatic nitrogens is 1. The summed E-state index contributed by atoms with van der Waals surface area (Å²) in [6.07, 6.45) is 0. The van der Waals surface area contributed by atoms with E-state index in [0.717, 1.165) is 0 Å². The number of nitrogens with zero attached hydrogens (tertiary/aromatic N) is 1. The van der Waals surface area contributed by atoms with Crippen molar-refractivity contribution in [1.82, 2.24) is 4.98 Å². The van der Waals surface area contributed by atoms with E-state index in [-0.39, 0.29) is 34.6 Å². The number of halogens is 1. The topological polar surface area (TPSA) is 65.5 Å². The molecule has 0 aliphatic carbocycles. The van der Waals surface area contributed by atoms with Gasteiger partial charge >= 0.3 is 11.9 Å². The molecule has 5 nitrogen and oxygen atoms in total. The van der Waals surface area contributed by atoms with Crippen LogP contribution in [0.25, 0.3) is 11.1 Å². The number of carbonyl (C=O) groups excluding carboxylic acids is 2. The Morgan fingerprint density at radius 3 is 1.82 bits per heavy atom. The van der Waals surface area contributed by atoms with E-state index >= 15 is 0 Å². The Hall–Kier alpha value is -2.54. The molecule has 0 radical (unpaired) electrons. The molecule has 2 aromatic rings. The summed E-state index contributed by atoms with van der Waals surface area (Å²) in [5, 5.41) is -0.202. The van der Waals surface area contributed by atoms with Gasteiger partial charge in [-0.3, -0.25) is 4.98 Å². The van der Waals surface area contributed by atoms with Crippen molar-refractivity contribution in [2.45, 2.75) is 85.4 Å². The van der Waals surface area contributed by atoms with Crippen LogP contribution in [0.5, 0.6) is 0 Å². The third-order valence-electron chi connectivity index (χ3n) is 6.32. The third kappa shape index (κ3) is 5.74. The first-order chi connectivity index (χ1) is 15.6. The average Bonchev–Trinajstić information content (AvgIpc) is 2.71. The highest BCUT2D eigenvalue weighted by Crippen LogP contribution is 2.41. The van der Waals surface area contributed by atoms with Crippen molar-refractivity contribution in [3.63, 3.8) is 0 Å². The molecule has 7 heteroatoms. The molecule has 0 aliphatic heterocycles. The van der Waals surface area contributed by atoms with Gasteiger partial charge < -0.3 is 9.16 Å². The van der Waals surface area contributed by atoms with Crippen LogP contribution in [-0.2, 0) is 9.16 Å². The van der Waals surface area contributed by atoms with Gasteiger partial charge in [0.25, 0.3) is 8.32 Å². The van der Waals surface area contributed by atoms with E-state index in [4.69, 9.17) is 14.1 Å². The summed E-state index contributed by atoms with van der Waals surface area (Å²) in [6, 6.07) is 5.78. The maximum absolute atomic E-state index is 13.9. The molecule has 2 rings (SSSR count). The van der Waals surface area contributed by atoms with Crippen LogP contribution in [0.1, 0.15) is 99.3 Å². The van der Waals surface area contributed by atoms with E-state index in [1.807, 2.05) is 40.8 Å². The molecule has 34 heavy (non-hydrogen) atoms. The molecular formula is C27H38FNO4Si. The SMILES string of the molecule is CCOC(=O)c1c(C(C)C)nc(C(C)C)c(C(=O)O[Si](C)(C)C(C)(C)C)c1-c1ccc(F)cc1. The fourth-order valence-corrected chi connectivity index (χ4v) is 4.29. The van der Waals surface area contributed by atoms with Crippen LogP contribution >= 0.6 is 0 Å². The number of hydrogen-bond acceptors (Lipinski definition) is 5. The van der Waals surface area contributed by atoms with Gasteiger partial charge in [0.2, 0.25) is 0 Å². The van der Waals surface area contributed by atoms with Crippen LogP contribution < -0.4 is 0 Å². The molecule has 0 N–H and O–H groups in total. The summed E-state index contributed by atoms with van der Waals surface area (Å²) >= 11 is 0. The van der Waals surface area contributed by atoms with E-state index in [0.29, 0.717) is 22.5 Å². The smallest absolute Gasteiger partial charge is 0.340 e. The second-order valence-corrected chi connectivity index (χ2v) is 15.4. The van der Waals surface area contributed by atoms with Gasteiger partial charge in [-0.1, -0.05) is 60.6 Å². The van der Waals surface area contributed by atoms with Gasteiger partial charge in [0.05, 0.1) is 29.1 Å². The molecule has 0 spiro atoms. The Balaban J connectivity index is 3.01. The molecule has 0 bridgehead atoms. The minimum absolute atomic E-state index is 0.110. The Labute approximate surface area is 204 Å². The highest BCUT2D eigenvalue weighted by Gasteiger charge is 2.42. The molecule has 0 atom stereocenters. The molecule has 186 valence electrons. The Morgan fingerprint density at radius 2 is 1.41 bits per heavy atom.